The van der Waals surface area contributed by atoms with Crippen molar-refractivity contribution in [3.63, 3.8) is 0 Å². The zero-order chi connectivity index (χ0) is 16.0. The van der Waals surface area contributed by atoms with E-state index in [1.54, 1.807) is 29.8 Å². The zero-order valence-electron chi connectivity index (χ0n) is 11.4. The Kier molecular flexibility index (Phi) is 3.41. The monoisotopic (exact) mass is 328 g/mol. The Labute approximate surface area is 127 Å². The molecule has 2 aromatic rings. The number of hydrogen-bond donors (Lipinski definition) is 1. The van der Waals surface area contributed by atoms with Gasteiger partial charge in [-0.15, -0.1) is 11.3 Å². The topological polar surface area (TPSA) is 61.6 Å². The second kappa shape index (κ2) is 5.03. The van der Waals surface area contributed by atoms with Gasteiger partial charge in [-0.05, 0) is 19.1 Å². The molecule has 2 aromatic heterocycles. The number of thiazole rings is 1. The number of hydrazone groups is 1. The second-order valence-corrected chi connectivity index (χ2v) is 5.71. The second-order valence-electron chi connectivity index (χ2n) is 4.87. The smallest absolute Gasteiger partial charge is 0.362 e. The number of nitrogens with zero attached hydrogens (tertiary/aromatic N) is 4. The van der Waals surface area contributed by atoms with Gasteiger partial charge in [0.1, 0.15) is 5.69 Å². The van der Waals surface area contributed by atoms with Gasteiger partial charge in [0.15, 0.2) is 0 Å². The maximum atomic E-state index is 13.2. The van der Waals surface area contributed by atoms with E-state index in [-0.39, 0.29) is 10.8 Å². The average molecular weight is 328 g/mol. The summed E-state index contributed by atoms with van der Waals surface area (Å²) in [6.45, 7) is 1.43. The van der Waals surface area contributed by atoms with Crippen molar-refractivity contribution in [3.05, 3.63) is 29.8 Å². The fourth-order valence-electron chi connectivity index (χ4n) is 2.14. The summed E-state index contributed by atoms with van der Waals surface area (Å²) in [7, 11) is 0. The lowest BCUT2D eigenvalue weighted by molar-refractivity contribution is -0.254. The highest BCUT2D eigenvalue weighted by Crippen LogP contribution is 2.43. The van der Waals surface area contributed by atoms with Crippen molar-refractivity contribution in [1.82, 2.24) is 9.97 Å². The molecule has 0 spiro atoms. The predicted molar refractivity (Wildman–Crippen MR) is 76.6 cm³/mol. The summed E-state index contributed by atoms with van der Waals surface area (Å²) in [4.78, 5) is 8.21. The standard InChI is InChI=1S/C13H11F3N4OS/c1-8-6-12(21,13(14,15)16)20(19-8)11-18-10(7-22-11)9-4-2-3-5-17-9/h2-5,7,21H,6H2,1H3/t12-/m0/s1. The Morgan fingerprint density at radius 1 is 1.32 bits per heavy atom. The minimum Gasteiger partial charge on any atom is -0.362 e. The van der Waals surface area contributed by atoms with Gasteiger partial charge in [-0.1, -0.05) is 6.07 Å². The summed E-state index contributed by atoms with van der Waals surface area (Å²) < 4.78 is 39.5. The van der Waals surface area contributed by atoms with Gasteiger partial charge >= 0.3 is 6.18 Å². The lowest BCUT2D eigenvalue weighted by Crippen LogP contribution is -2.55. The summed E-state index contributed by atoms with van der Waals surface area (Å²) in [6, 6.07) is 5.19. The van der Waals surface area contributed by atoms with Gasteiger partial charge in [0.2, 0.25) is 5.13 Å². The van der Waals surface area contributed by atoms with Crippen LogP contribution in [-0.4, -0.2) is 32.7 Å². The van der Waals surface area contributed by atoms with Crippen LogP contribution >= 0.6 is 11.3 Å². The molecule has 0 saturated heterocycles. The molecule has 0 aromatic carbocycles. The Morgan fingerprint density at radius 2 is 2.09 bits per heavy atom. The minimum absolute atomic E-state index is 0.0303. The number of aliphatic hydroxyl groups is 1. The lowest BCUT2D eigenvalue weighted by Gasteiger charge is -2.32. The third-order valence-electron chi connectivity index (χ3n) is 3.18. The molecular formula is C13H11F3N4OS. The number of aromatic nitrogens is 2. The van der Waals surface area contributed by atoms with Crippen molar-refractivity contribution in [1.29, 1.82) is 0 Å². The number of rotatable bonds is 2. The summed E-state index contributed by atoms with van der Waals surface area (Å²) in [5.74, 6) is 0. The van der Waals surface area contributed by atoms with Gasteiger partial charge in [0.25, 0.3) is 5.72 Å². The number of halogens is 3. The molecule has 0 aliphatic carbocycles. The fraction of sp³-hybridized carbons (Fsp3) is 0.308. The number of hydrogen-bond acceptors (Lipinski definition) is 6. The highest BCUT2D eigenvalue weighted by molar-refractivity contribution is 7.14. The summed E-state index contributed by atoms with van der Waals surface area (Å²) >= 11 is 0.970. The predicted octanol–water partition coefficient (Wildman–Crippen LogP) is 3.04. The molecule has 0 amide bonds. The highest BCUT2D eigenvalue weighted by atomic mass is 32.1. The fourth-order valence-corrected chi connectivity index (χ4v) is 2.97. The first-order chi connectivity index (χ1) is 10.3. The van der Waals surface area contributed by atoms with Gasteiger partial charge in [-0.25, -0.2) is 4.98 Å². The van der Waals surface area contributed by atoms with E-state index in [0.29, 0.717) is 16.4 Å². The van der Waals surface area contributed by atoms with E-state index in [0.717, 1.165) is 11.3 Å². The Balaban J connectivity index is 1.99. The van der Waals surface area contributed by atoms with E-state index >= 15 is 0 Å². The van der Waals surface area contributed by atoms with E-state index < -0.39 is 18.3 Å². The molecule has 0 radical (unpaired) electrons. The van der Waals surface area contributed by atoms with E-state index in [2.05, 4.69) is 15.1 Å². The zero-order valence-corrected chi connectivity index (χ0v) is 12.2. The van der Waals surface area contributed by atoms with Gasteiger partial charge in [0, 0.05) is 23.7 Å². The van der Waals surface area contributed by atoms with Crippen LogP contribution in [0.2, 0.25) is 0 Å². The number of anilines is 1. The van der Waals surface area contributed by atoms with Gasteiger partial charge in [-0.2, -0.15) is 23.3 Å². The first-order valence-electron chi connectivity index (χ1n) is 6.31. The molecule has 0 unspecified atom stereocenters. The Morgan fingerprint density at radius 3 is 2.73 bits per heavy atom. The molecule has 9 heteroatoms. The van der Waals surface area contributed by atoms with E-state index in [9.17, 15) is 18.3 Å². The van der Waals surface area contributed by atoms with Crippen LogP contribution in [0.3, 0.4) is 0 Å². The molecule has 1 aliphatic heterocycles. The quantitative estimate of drug-likeness (QED) is 0.920. The first kappa shape index (κ1) is 14.9. The van der Waals surface area contributed by atoms with Crippen LogP contribution in [0.5, 0.6) is 0 Å². The molecule has 5 nitrogen and oxygen atoms in total. The van der Waals surface area contributed by atoms with E-state index in [1.165, 1.54) is 6.92 Å². The maximum absolute atomic E-state index is 13.2. The number of pyridine rings is 1. The maximum Gasteiger partial charge on any atom is 0.438 e. The van der Waals surface area contributed by atoms with Crippen molar-refractivity contribution in [2.45, 2.75) is 25.2 Å². The third kappa shape index (κ3) is 2.35. The van der Waals surface area contributed by atoms with Gasteiger partial charge in [0.05, 0.1) is 5.69 Å². The van der Waals surface area contributed by atoms with Crippen molar-refractivity contribution < 1.29 is 18.3 Å². The average Bonchev–Trinajstić information content (AvgIpc) is 3.04. The molecule has 0 fully saturated rings. The van der Waals surface area contributed by atoms with Crippen molar-refractivity contribution in [2.75, 3.05) is 5.01 Å². The van der Waals surface area contributed by atoms with E-state index in [4.69, 9.17) is 0 Å². The van der Waals surface area contributed by atoms with E-state index in [1.807, 2.05) is 0 Å². The highest BCUT2D eigenvalue weighted by Gasteiger charge is 2.62. The largest absolute Gasteiger partial charge is 0.438 e. The third-order valence-corrected chi connectivity index (χ3v) is 3.99. The van der Waals surface area contributed by atoms with Crippen molar-refractivity contribution >= 4 is 22.2 Å². The first-order valence-corrected chi connectivity index (χ1v) is 7.19. The van der Waals surface area contributed by atoms with Crippen LogP contribution < -0.4 is 5.01 Å². The Hall–Kier alpha value is -2.00. The van der Waals surface area contributed by atoms with Crippen LogP contribution in [0.1, 0.15) is 13.3 Å². The summed E-state index contributed by atoms with van der Waals surface area (Å²) in [6.07, 6.45) is -3.88. The van der Waals surface area contributed by atoms with Crippen LogP contribution in [0, 0.1) is 0 Å². The molecule has 116 valence electrons. The van der Waals surface area contributed by atoms with Crippen molar-refractivity contribution in [3.8, 4) is 11.4 Å². The Bertz CT molecular complexity index is 716. The normalized spacial score (nSPS) is 22.0. The van der Waals surface area contributed by atoms with Gasteiger partial charge < -0.3 is 5.11 Å². The molecule has 3 heterocycles. The van der Waals surface area contributed by atoms with Crippen LogP contribution in [0.15, 0.2) is 34.9 Å². The van der Waals surface area contributed by atoms with Crippen LogP contribution in [0.4, 0.5) is 18.3 Å². The van der Waals surface area contributed by atoms with Crippen LogP contribution in [-0.2, 0) is 0 Å². The molecule has 22 heavy (non-hydrogen) atoms. The molecule has 0 bridgehead atoms. The molecular weight excluding hydrogens is 317 g/mol. The molecule has 1 aliphatic rings. The molecule has 0 saturated carbocycles. The van der Waals surface area contributed by atoms with Crippen LogP contribution in [0.25, 0.3) is 11.4 Å². The summed E-state index contributed by atoms with van der Waals surface area (Å²) in [5.41, 5.74) is -1.89. The SMILES string of the molecule is CC1=NN(c2nc(-c3ccccn3)cs2)[C@@](O)(C(F)(F)F)C1. The molecule has 1 atom stereocenters. The molecule has 3 rings (SSSR count). The van der Waals surface area contributed by atoms with Gasteiger partial charge in [-0.3, -0.25) is 4.98 Å². The van der Waals surface area contributed by atoms with Crippen molar-refractivity contribution in [2.24, 2.45) is 5.10 Å². The minimum atomic E-state index is -4.84. The molecule has 1 N–H and O–H groups in total. The summed E-state index contributed by atoms with van der Waals surface area (Å²) in [5, 5.41) is 15.9. The number of alkyl halides is 3. The lowest BCUT2D eigenvalue weighted by atomic mass is 10.1.